The predicted octanol–water partition coefficient (Wildman–Crippen LogP) is 2.85. The van der Waals surface area contributed by atoms with Crippen LogP contribution in [0.3, 0.4) is 0 Å². The molecule has 9 nitrogen and oxygen atoms in total. The lowest BCUT2D eigenvalue weighted by Crippen LogP contribution is -2.70. The van der Waals surface area contributed by atoms with E-state index in [4.69, 9.17) is 4.74 Å². The standard InChI is InChI=1S/C25H35N5O4/c1-15(2)26-24(33)30-14-25(12-29(13-25)23(32)27-16-6-4-5-7-16)21-18-9-8-17(34-3)10-19(18)28-22(21)20(30)11-31/h8-10,15-16,20,28,31H,4-7,11-14H2,1-3H3,(H,26,33)(H,27,32)/t20-/m1/s1. The van der Waals surface area contributed by atoms with Gasteiger partial charge in [-0.2, -0.15) is 0 Å². The van der Waals surface area contributed by atoms with Crippen molar-refractivity contribution in [2.24, 2.45) is 0 Å². The Kier molecular flexibility index (Phi) is 5.83. The molecule has 1 saturated heterocycles. The van der Waals surface area contributed by atoms with Crippen molar-refractivity contribution in [3.63, 3.8) is 0 Å². The average Bonchev–Trinajstić information content (AvgIpc) is 3.43. The first-order valence-corrected chi connectivity index (χ1v) is 12.3. The lowest BCUT2D eigenvalue weighted by atomic mass is 9.69. The van der Waals surface area contributed by atoms with Crippen LogP contribution in [0.15, 0.2) is 18.2 Å². The Hall–Kier alpha value is -2.94. The van der Waals surface area contributed by atoms with Crippen molar-refractivity contribution in [1.29, 1.82) is 0 Å². The maximum Gasteiger partial charge on any atom is 0.318 e. The number of carbonyl (C=O) groups excluding carboxylic acids is 2. The number of aliphatic hydroxyl groups excluding tert-OH is 1. The van der Waals surface area contributed by atoms with E-state index in [2.05, 4.69) is 15.6 Å². The van der Waals surface area contributed by atoms with E-state index in [1.165, 1.54) is 12.8 Å². The number of nitrogens with zero attached hydrogens (tertiary/aromatic N) is 2. The highest BCUT2D eigenvalue weighted by Gasteiger charge is 2.55. The summed E-state index contributed by atoms with van der Waals surface area (Å²) in [5.74, 6) is 0.737. The van der Waals surface area contributed by atoms with Crippen LogP contribution >= 0.6 is 0 Å². The molecule has 0 unspecified atom stereocenters. The fraction of sp³-hybridized carbons (Fsp3) is 0.600. The fourth-order valence-corrected chi connectivity index (χ4v) is 5.97. The molecule has 2 aromatic rings. The van der Waals surface area contributed by atoms with Crippen LogP contribution in [-0.4, -0.2) is 77.4 Å². The van der Waals surface area contributed by atoms with Crippen molar-refractivity contribution in [2.45, 2.75) is 63.1 Å². The number of aromatic nitrogens is 1. The van der Waals surface area contributed by atoms with Crippen molar-refractivity contribution >= 4 is 23.0 Å². The Balaban J connectivity index is 1.50. The zero-order valence-electron chi connectivity index (χ0n) is 20.2. The molecule has 4 amide bonds. The molecule has 34 heavy (non-hydrogen) atoms. The molecule has 1 atom stereocenters. The number of benzene rings is 1. The number of nitrogens with one attached hydrogen (secondary N) is 3. The monoisotopic (exact) mass is 469 g/mol. The molecule has 5 rings (SSSR count). The van der Waals surface area contributed by atoms with E-state index in [9.17, 15) is 14.7 Å². The topological polar surface area (TPSA) is 110 Å². The summed E-state index contributed by atoms with van der Waals surface area (Å²) in [5.41, 5.74) is 2.45. The second kappa shape index (κ2) is 8.69. The highest BCUT2D eigenvalue weighted by atomic mass is 16.5. The number of rotatable bonds is 4. The fourth-order valence-electron chi connectivity index (χ4n) is 5.97. The van der Waals surface area contributed by atoms with Crippen molar-refractivity contribution in [1.82, 2.24) is 25.4 Å². The van der Waals surface area contributed by atoms with Crippen LogP contribution in [0.1, 0.15) is 56.8 Å². The van der Waals surface area contributed by atoms with Gasteiger partial charge in [-0.25, -0.2) is 9.59 Å². The Labute approximate surface area is 199 Å². The zero-order chi connectivity index (χ0) is 24.0. The molecule has 3 aliphatic rings. The first kappa shape index (κ1) is 22.8. The van der Waals surface area contributed by atoms with Crippen molar-refractivity contribution in [3.8, 4) is 5.75 Å². The van der Waals surface area contributed by atoms with Gasteiger partial charge in [-0.3, -0.25) is 0 Å². The minimum Gasteiger partial charge on any atom is -0.497 e. The SMILES string of the molecule is COc1ccc2c3c([nH]c2c1)[C@@H](CO)N(C(=O)NC(C)C)CC31CN(C(=O)NC2CCCC2)C1. The van der Waals surface area contributed by atoms with Crippen LogP contribution in [0.4, 0.5) is 9.59 Å². The highest BCUT2D eigenvalue weighted by Crippen LogP contribution is 2.48. The third-order valence-corrected chi connectivity index (χ3v) is 7.55. The molecule has 1 spiro atoms. The number of ether oxygens (including phenoxy) is 1. The first-order chi connectivity index (χ1) is 16.3. The molecular weight excluding hydrogens is 434 g/mol. The van der Waals surface area contributed by atoms with Gasteiger partial charge in [0.05, 0.1) is 25.2 Å². The maximum absolute atomic E-state index is 13.2. The molecule has 0 bridgehead atoms. The number of urea groups is 2. The average molecular weight is 470 g/mol. The molecule has 3 heterocycles. The van der Waals surface area contributed by atoms with Crippen LogP contribution in [-0.2, 0) is 5.41 Å². The highest BCUT2D eigenvalue weighted by molar-refractivity contribution is 5.89. The van der Waals surface area contributed by atoms with E-state index in [0.717, 1.165) is 40.8 Å². The quantitative estimate of drug-likeness (QED) is 0.552. The van der Waals surface area contributed by atoms with Crippen LogP contribution in [0.25, 0.3) is 10.9 Å². The molecule has 2 fully saturated rings. The number of hydrogen-bond donors (Lipinski definition) is 4. The van der Waals surface area contributed by atoms with E-state index in [1.54, 1.807) is 12.0 Å². The Bertz CT molecular complexity index is 1080. The van der Waals surface area contributed by atoms with E-state index in [-0.39, 0.29) is 30.8 Å². The van der Waals surface area contributed by atoms with Gasteiger partial charge < -0.3 is 35.3 Å². The van der Waals surface area contributed by atoms with Gasteiger partial charge in [0.15, 0.2) is 0 Å². The minimum atomic E-state index is -0.487. The molecule has 2 aliphatic heterocycles. The summed E-state index contributed by atoms with van der Waals surface area (Å²) >= 11 is 0. The minimum absolute atomic E-state index is 0.0220. The summed E-state index contributed by atoms with van der Waals surface area (Å²) in [6, 6.07) is 5.43. The van der Waals surface area contributed by atoms with Crippen molar-refractivity contribution in [2.75, 3.05) is 33.4 Å². The van der Waals surface area contributed by atoms with Crippen LogP contribution in [0, 0.1) is 0 Å². The van der Waals surface area contributed by atoms with E-state index >= 15 is 0 Å². The van der Waals surface area contributed by atoms with Crippen molar-refractivity contribution in [3.05, 3.63) is 29.5 Å². The molecular formula is C25H35N5O4. The molecule has 0 radical (unpaired) electrons. The van der Waals surface area contributed by atoms with Gasteiger partial charge in [0.1, 0.15) is 5.75 Å². The number of amides is 4. The second-order valence-electron chi connectivity index (χ2n) is 10.3. The number of H-pyrrole nitrogens is 1. The molecule has 1 saturated carbocycles. The third kappa shape index (κ3) is 3.76. The number of carbonyl (C=O) groups is 2. The van der Waals surface area contributed by atoms with Gasteiger partial charge in [-0.15, -0.1) is 0 Å². The van der Waals surface area contributed by atoms with Gasteiger partial charge in [0.2, 0.25) is 0 Å². The van der Waals surface area contributed by atoms with E-state index < -0.39 is 11.5 Å². The van der Waals surface area contributed by atoms with Crippen molar-refractivity contribution < 1.29 is 19.4 Å². The van der Waals surface area contributed by atoms with Crippen LogP contribution in [0.2, 0.25) is 0 Å². The van der Waals surface area contributed by atoms with Gasteiger partial charge >= 0.3 is 12.1 Å². The third-order valence-electron chi connectivity index (χ3n) is 7.55. The summed E-state index contributed by atoms with van der Waals surface area (Å²) in [6.45, 7) is 5.15. The lowest BCUT2D eigenvalue weighted by molar-refractivity contribution is 0.0300. The van der Waals surface area contributed by atoms with Gasteiger partial charge in [0.25, 0.3) is 0 Å². The molecule has 4 N–H and O–H groups in total. The normalized spacial score (nSPS) is 21.6. The number of fused-ring (bicyclic) bond motifs is 4. The Morgan fingerprint density at radius 2 is 1.94 bits per heavy atom. The summed E-state index contributed by atoms with van der Waals surface area (Å²) in [5, 5.41) is 17.5. The van der Waals surface area contributed by atoms with Gasteiger partial charge in [0, 0.05) is 54.4 Å². The molecule has 9 heteroatoms. The first-order valence-electron chi connectivity index (χ1n) is 12.3. The Morgan fingerprint density at radius 1 is 1.21 bits per heavy atom. The summed E-state index contributed by atoms with van der Waals surface area (Å²) < 4.78 is 5.41. The van der Waals surface area contributed by atoms with Gasteiger partial charge in [-0.05, 0) is 44.4 Å². The van der Waals surface area contributed by atoms with Crippen LogP contribution in [0.5, 0.6) is 5.75 Å². The summed E-state index contributed by atoms with van der Waals surface area (Å²) in [7, 11) is 1.63. The second-order valence-corrected chi connectivity index (χ2v) is 10.3. The number of aliphatic hydroxyl groups is 1. The van der Waals surface area contributed by atoms with E-state index in [1.807, 2.05) is 36.9 Å². The smallest absolute Gasteiger partial charge is 0.318 e. The molecule has 1 aliphatic carbocycles. The predicted molar refractivity (Wildman–Crippen MR) is 129 cm³/mol. The molecule has 184 valence electrons. The number of methoxy groups -OCH3 is 1. The van der Waals surface area contributed by atoms with E-state index in [0.29, 0.717) is 19.6 Å². The van der Waals surface area contributed by atoms with Crippen LogP contribution < -0.4 is 15.4 Å². The number of hydrogen-bond acceptors (Lipinski definition) is 4. The lowest BCUT2D eigenvalue weighted by Gasteiger charge is -2.56. The molecule has 1 aromatic carbocycles. The zero-order valence-corrected chi connectivity index (χ0v) is 20.2. The molecule has 1 aromatic heterocycles. The Morgan fingerprint density at radius 3 is 2.59 bits per heavy atom. The summed E-state index contributed by atoms with van der Waals surface area (Å²) in [4.78, 5) is 33.1. The number of aromatic amines is 1. The summed E-state index contributed by atoms with van der Waals surface area (Å²) in [6.07, 6.45) is 4.42. The maximum atomic E-state index is 13.2. The largest absolute Gasteiger partial charge is 0.497 e. The van der Waals surface area contributed by atoms with Gasteiger partial charge in [-0.1, -0.05) is 12.8 Å². The number of likely N-dealkylation sites (tertiary alicyclic amines) is 1.